The minimum atomic E-state index is -0.245. The zero-order chi connectivity index (χ0) is 23.8. The molecule has 8 N–H and O–H groups in total. The van der Waals surface area contributed by atoms with Crippen molar-refractivity contribution in [3.05, 3.63) is 53.4 Å². The second-order valence-corrected chi connectivity index (χ2v) is 7.34. The molecular weight excluding hydrogens is 408 g/mol. The Kier molecular flexibility index (Phi) is 8.37. The number of aryl methyl sites for hydroxylation is 1. The second kappa shape index (κ2) is 11.0. The molecule has 0 spiro atoms. The topological polar surface area (TPSA) is 167 Å². The van der Waals surface area contributed by atoms with Gasteiger partial charge in [0.1, 0.15) is 17.9 Å². The summed E-state index contributed by atoms with van der Waals surface area (Å²) in [6.07, 6.45) is 6.17. The molecule has 170 valence electrons. The van der Waals surface area contributed by atoms with Crippen LogP contribution in [0.3, 0.4) is 0 Å². The molecule has 0 saturated carbocycles. The number of benzene rings is 1. The van der Waals surface area contributed by atoms with Gasteiger partial charge in [-0.05, 0) is 37.1 Å². The summed E-state index contributed by atoms with van der Waals surface area (Å²) in [6, 6.07) is 7.02. The maximum atomic E-state index is 12.4. The van der Waals surface area contributed by atoms with Crippen LogP contribution >= 0.6 is 0 Å². The highest BCUT2D eigenvalue weighted by atomic mass is 16.3. The van der Waals surface area contributed by atoms with E-state index in [1.54, 1.807) is 36.4 Å². The molecule has 0 fully saturated rings. The van der Waals surface area contributed by atoms with Crippen LogP contribution in [0, 0.1) is 6.92 Å². The normalized spacial score (nSPS) is 11.8. The largest absolute Gasteiger partial charge is 0.459 e. The second-order valence-electron chi connectivity index (χ2n) is 7.34. The number of para-hydroxylation sites is 1. The van der Waals surface area contributed by atoms with Gasteiger partial charge >= 0.3 is 0 Å². The summed E-state index contributed by atoms with van der Waals surface area (Å²) in [7, 11) is 1.73. The molecule has 1 atom stereocenters. The summed E-state index contributed by atoms with van der Waals surface area (Å²) in [5.41, 5.74) is 25.6. The van der Waals surface area contributed by atoms with Crippen molar-refractivity contribution >= 4 is 46.4 Å². The van der Waals surface area contributed by atoms with E-state index in [0.29, 0.717) is 29.1 Å². The van der Waals surface area contributed by atoms with Crippen molar-refractivity contribution in [2.45, 2.75) is 32.9 Å². The van der Waals surface area contributed by atoms with E-state index in [-0.39, 0.29) is 17.8 Å². The SMILES string of the molecule is CCC(N)C=O.Cc1oc2c(N)cccc2c1CN(C)C(=O)/C=C/c1cnc(N)c(N)c1. The number of nitrogens with zero attached hydrogens (tertiary/aromatic N) is 2. The highest BCUT2D eigenvalue weighted by Crippen LogP contribution is 2.30. The molecule has 0 aliphatic carbocycles. The number of amides is 1. The number of pyridine rings is 1. The van der Waals surface area contributed by atoms with Gasteiger partial charge in [0.15, 0.2) is 5.58 Å². The summed E-state index contributed by atoms with van der Waals surface area (Å²) in [6.45, 7) is 4.15. The lowest BCUT2D eigenvalue weighted by Gasteiger charge is -2.15. The Balaban J connectivity index is 0.000000534. The minimum Gasteiger partial charge on any atom is -0.459 e. The van der Waals surface area contributed by atoms with E-state index in [4.69, 9.17) is 27.4 Å². The minimum absolute atomic E-state index is 0.155. The third kappa shape index (κ3) is 6.08. The number of aldehydes is 1. The number of furan rings is 1. The molecule has 3 aromatic rings. The predicted molar refractivity (Wildman–Crippen MR) is 128 cm³/mol. The van der Waals surface area contributed by atoms with E-state index in [9.17, 15) is 9.59 Å². The molecule has 0 aliphatic rings. The number of likely N-dealkylation sites (N-methyl/N-ethyl adjacent to an activating group) is 1. The number of rotatable bonds is 6. The standard InChI is InChI=1S/C19H21N5O2.C4H9NO/c1-11-14(13-4-3-5-15(20)18(13)26-11)10-24(2)17(25)7-6-12-8-16(21)19(22)23-9-12;1-2-4(5)3-6/h3-9H,10,20-21H2,1-2H3,(H2,22,23);3-4H,2,5H2,1H3/b7-6+;. The Bertz CT molecular complexity index is 1120. The lowest BCUT2D eigenvalue weighted by Crippen LogP contribution is -2.24. The van der Waals surface area contributed by atoms with Gasteiger partial charge in [0.2, 0.25) is 5.91 Å². The van der Waals surface area contributed by atoms with Crippen molar-refractivity contribution in [2.24, 2.45) is 5.73 Å². The van der Waals surface area contributed by atoms with E-state index in [1.165, 1.54) is 6.08 Å². The molecule has 1 aromatic carbocycles. The quantitative estimate of drug-likeness (QED) is 0.258. The van der Waals surface area contributed by atoms with Gasteiger partial charge in [-0.3, -0.25) is 4.79 Å². The van der Waals surface area contributed by atoms with Gasteiger partial charge in [0, 0.05) is 36.8 Å². The fraction of sp³-hybridized carbons (Fsp3) is 0.261. The molecule has 9 nitrogen and oxygen atoms in total. The molecule has 0 saturated heterocycles. The van der Waals surface area contributed by atoms with Gasteiger partial charge in [0.05, 0.1) is 17.4 Å². The average molecular weight is 439 g/mol. The van der Waals surface area contributed by atoms with Crippen molar-refractivity contribution in [1.29, 1.82) is 0 Å². The Labute approximate surface area is 187 Å². The fourth-order valence-corrected chi connectivity index (χ4v) is 2.81. The first-order valence-corrected chi connectivity index (χ1v) is 10.1. The van der Waals surface area contributed by atoms with Gasteiger partial charge in [-0.15, -0.1) is 0 Å². The van der Waals surface area contributed by atoms with Crippen LogP contribution in [0.25, 0.3) is 17.0 Å². The van der Waals surface area contributed by atoms with Crippen molar-refractivity contribution < 1.29 is 14.0 Å². The first-order valence-electron chi connectivity index (χ1n) is 10.1. The van der Waals surface area contributed by atoms with Crippen LogP contribution in [-0.4, -0.2) is 35.2 Å². The van der Waals surface area contributed by atoms with E-state index in [1.807, 2.05) is 26.0 Å². The Hall–Kier alpha value is -3.85. The van der Waals surface area contributed by atoms with Crippen LogP contribution in [-0.2, 0) is 16.1 Å². The van der Waals surface area contributed by atoms with Crippen LogP contribution in [0.4, 0.5) is 17.2 Å². The van der Waals surface area contributed by atoms with Gasteiger partial charge in [-0.2, -0.15) is 0 Å². The number of hydrogen-bond donors (Lipinski definition) is 4. The van der Waals surface area contributed by atoms with Crippen LogP contribution in [0.1, 0.15) is 30.2 Å². The van der Waals surface area contributed by atoms with Crippen molar-refractivity contribution in [3.63, 3.8) is 0 Å². The third-order valence-corrected chi connectivity index (χ3v) is 4.86. The number of fused-ring (bicyclic) bond motifs is 1. The molecule has 2 heterocycles. The summed E-state index contributed by atoms with van der Waals surface area (Å²) in [5, 5.41) is 0.918. The number of hydrogen-bond acceptors (Lipinski definition) is 8. The van der Waals surface area contributed by atoms with E-state index in [0.717, 1.165) is 29.4 Å². The van der Waals surface area contributed by atoms with Crippen LogP contribution in [0.15, 0.2) is 41.0 Å². The molecule has 1 amide bonds. The van der Waals surface area contributed by atoms with Crippen molar-refractivity contribution in [1.82, 2.24) is 9.88 Å². The number of nitrogen functional groups attached to an aromatic ring is 3. The highest BCUT2D eigenvalue weighted by Gasteiger charge is 2.16. The maximum absolute atomic E-state index is 12.4. The highest BCUT2D eigenvalue weighted by molar-refractivity contribution is 5.93. The number of carbonyl (C=O) groups is 2. The number of carbonyl (C=O) groups excluding carboxylic acids is 2. The Morgan fingerprint density at radius 3 is 2.56 bits per heavy atom. The molecule has 0 bridgehead atoms. The molecule has 3 rings (SSSR count). The monoisotopic (exact) mass is 438 g/mol. The van der Waals surface area contributed by atoms with Gasteiger partial charge in [-0.1, -0.05) is 19.1 Å². The smallest absolute Gasteiger partial charge is 0.246 e. The molecule has 32 heavy (non-hydrogen) atoms. The Morgan fingerprint density at radius 2 is 1.97 bits per heavy atom. The maximum Gasteiger partial charge on any atom is 0.246 e. The van der Waals surface area contributed by atoms with Crippen LogP contribution in [0.2, 0.25) is 0 Å². The predicted octanol–water partition coefficient (Wildman–Crippen LogP) is 2.48. The zero-order valence-electron chi connectivity index (χ0n) is 18.5. The lowest BCUT2D eigenvalue weighted by molar-refractivity contribution is -0.125. The fourth-order valence-electron chi connectivity index (χ4n) is 2.81. The summed E-state index contributed by atoms with van der Waals surface area (Å²) in [5.74, 6) is 0.863. The summed E-state index contributed by atoms with van der Waals surface area (Å²) < 4.78 is 5.75. The van der Waals surface area contributed by atoms with Gasteiger partial charge in [0.25, 0.3) is 0 Å². The summed E-state index contributed by atoms with van der Waals surface area (Å²) >= 11 is 0. The number of nitrogens with two attached hydrogens (primary N) is 4. The first kappa shape index (κ1) is 24.4. The molecule has 2 aromatic heterocycles. The van der Waals surface area contributed by atoms with E-state index >= 15 is 0 Å². The Morgan fingerprint density at radius 1 is 1.25 bits per heavy atom. The van der Waals surface area contributed by atoms with E-state index < -0.39 is 0 Å². The lowest BCUT2D eigenvalue weighted by atomic mass is 10.1. The van der Waals surface area contributed by atoms with Crippen LogP contribution < -0.4 is 22.9 Å². The molecule has 1 unspecified atom stereocenters. The van der Waals surface area contributed by atoms with Crippen LogP contribution in [0.5, 0.6) is 0 Å². The molecule has 0 aliphatic heterocycles. The zero-order valence-corrected chi connectivity index (χ0v) is 18.5. The van der Waals surface area contributed by atoms with Crippen molar-refractivity contribution in [2.75, 3.05) is 24.2 Å². The number of aromatic nitrogens is 1. The van der Waals surface area contributed by atoms with E-state index in [2.05, 4.69) is 4.98 Å². The van der Waals surface area contributed by atoms with Gasteiger partial charge in [-0.25, -0.2) is 4.98 Å². The molecule has 9 heteroatoms. The van der Waals surface area contributed by atoms with Gasteiger partial charge < -0.3 is 37.0 Å². The number of anilines is 3. The average Bonchev–Trinajstić information content (AvgIpc) is 3.10. The molecule has 0 radical (unpaired) electrons. The summed E-state index contributed by atoms with van der Waals surface area (Å²) in [4.78, 5) is 27.6. The first-order chi connectivity index (χ1) is 15.2. The van der Waals surface area contributed by atoms with Crippen molar-refractivity contribution in [3.8, 4) is 0 Å². The molecular formula is C23H30N6O3. The third-order valence-electron chi connectivity index (χ3n) is 4.86.